The third-order valence-corrected chi connectivity index (χ3v) is 10.8. The molecule has 0 aliphatic heterocycles. The van der Waals surface area contributed by atoms with Crippen LogP contribution < -0.4 is 0 Å². The van der Waals surface area contributed by atoms with Crippen LogP contribution in [-0.2, 0) is 32.7 Å². The van der Waals surface area contributed by atoms with Gasteiger partial charge in [0.05, 0.1) is 6.61 Å². The minimum atomic E-state index is -5.11. The number of hydrogen-bond acceptors (Lipinski definition) is 12. The SMILES string of the molecule is CCCC/C=C\CCCCCCCC(=O)O[C@H](COC(=O)CCCCCCC/C=C\CCCCCCCC)COP(=O)(O)OC1C(O)C(O)C(O)[C@@H](O)C1O. The summed E-state index contributed by atoms with van der Waals surface area (Å²) in [7, 11) is -5.11. The number of allylic oxidation sites excluding steroid dienone is 4. The normalized spacial score (nSPS) is 23.3. The average Bonchev–Trinajstić information content (AvgIpc) is 3.16. The van der Waals surface area contributed by atoms with Crippen molar-refractivity contribution in [1.82, 2.24) is 0 Å². The van der Waals surface area contributed by atoms with Crippen molar-refractivity contribution in [2.45, 2.75) is 211 Å². The van der Waals surface area contributed by atoms with Crippen molar-refractivity contribution in [1.29, 1.82) is 0 Å². The van der Waals surface area contributed by atoms with Crippen molar-refractivity contribution >= 4 is 19.8 Å². The van der Waals surface area contributed by atoms with Crippen LogP contribution in [0.5, 0.6) is 0 Å². The van der Waals surface area contributed by atoms with E-state index in [4.69, 9.17) is 18.5 Å². The summed E-state index contributed by atoms with van der Waals surface area (Å²) in [4.78, 5) is 35.5. The Kier molecular flexibility index (Phi) is 30.2. The first-order chi connectivity index (χ1) is 26.4. The number of carbonyl (C=O) groups is 2. The third kappa shape index (κ3) is 25.3. The van der Waals surface area contributed by atoms with E-state index < -0.39 is 75.7 Å². The van der Waals surface area contributed by atoms with Gasteiger partial charge in [-0.2, -0.15) is 0 Å². The summed E-state index contributed by atoms with van der Waals surface area (Å²) in [5.41, 5.74) is 0. The molecule has 0 heterocycles. The van der Waals surface area contributed by atoms with Crippen LogP contribution in [-0.4, -0.2) is 98.3 Å². The highest BCUT2D eigenvalue weighted by atomic mass is 31.2. The monoisotopic (exact) mass is 806 g/mol. The summed E-state index contributed by atoms with van der Waals surface area (Å²) in [5.74, 6) is -1.12. The lowest BCUT2D eigenvalue weighted by atomic mass is 9.85. The fraction of sp³-hybridized carbons (Fsp3) is 0.854. The number of carbonyl (C=O) groups excluding carboxylic acids is 2. The van der Waals surface area contributed by atoms with Gasteiger partial charge in [-0.05, 0) is 57.8 Å². The molecule has 6 unspecified atom stereocenters. The number of phosphoric ester groups is 1. The molecule has 6 N–H and O–H groups in total. The van der Waals surface area contributed by atoms with Crippen molar-refractivity contribution in [2.75, 3.05) is 13.2 Å². The summed E-state index contributed by atoms with van der Waals surface area (Å²) >= 11 is 0. The van der Waals surface area contributed by atoms with E-state index in [2.05, 4.69) is 38.2 Å². The zero-order valence-corrected chi connectivity index (χ0v) is 34.6. The highest BCUT2D eigenvalue weighted by Crippen LogP contribution is 2.47. The fourth-order valence-electron chi connectivity index (χ4n) is 6.26. The van der Waals surface area contributed by atoms with Crippen molar-refractivity contribution in [3.8, 4) is 0 Å². The van der Waals surface area contributed by atoms with Crippen LogP contribution in [0.1, 0.15) is 168 Å². The standard InChI is InChI=1S/C41H75O13P/c1-3-5-7-9-11-13-15-16-17-18-20-21-23-25-27-29-34(42)51-31-33(53-35(43)30-28-26-24-22-19-14-12-10-8-6-4-2)32-52-55(49,50)54-41-39(47)37(45)36(44)38(46)40(41)48/h10,12,16-17,33,36-41,44-48H,3-9,11,13-15,18-32H2,1-2H3,(H,49,50)/b12-10-,17-16-/t33-,36?,37-,38?,39?,40?,41?/m1/s1. The summed E-state index contributed by atoms with van der Waals surface area (Å²) in [6.45, 7) is 3.22. The Hall–Kier alpha value is -1.67. The molecule has 14 heteroatoms. The molecule has 0 aromatic carbocycles. The molecule has 0 radical (unpaired) electrons. The Labute approximate surface area is 330 Å². The first kappa shape index (κ1) is 51.3. The molecule has 13 nitrogen and oxygen atoms in total. The largest absolute Gasteiger partial charge is 0.472 e. The lowest BCUT2D eigenvalue weighted by Gasteiger charge is -2.41. The van der Waals surface area contributed by atoms with E-state index in [0.29, 0.717) is 12.8 Å². The van der Waals surface area contributed by atoms with Crippen molar-refractivity contribution in [3.05, 3.63) is 24.3 Å². The zero-order valence-electron chi connectivity index (χ0n) is 33.7. The van der Waals surface area contributed by atoms with E-state index in [-0.39, 0.29) is 12.8 Å². The van der Waals surface area contributed by atoms with E-state index in [1.807, 2.05) is 0 Å². The van der Waals surface area contributed by atoms with Gasteiger partial charge in [0.1, 0.15) is 43.2 Å². The molecule has 0 bridgehead atoms. The number of aliphatic hydroxyl groups is 5. The van der Waals surface area contributed by atoms with Gasteiger partial charge in [0.25, 0.3) is 0 Å². The van der Waals surface area contributed by atoms with Gasteiger partial charge in [-0.1, -0.05) is 122 Å². The van der Waals surface area contributed by atoms with Gasteiger partial charge in [0.15, 0.2) is 6.10 Å². The van der Waals surface area contributed by atoms with Crippen LogP contribution in [0.25, 0.3) is 0 Å². The van der Waals surface area contributed by atoms with Gasteiger partial charge in [0, 0.05) is 12.8 Å². The highest BCUT2D eigenvalue weighted by molar-refractivity contribution is 7.47. The topological polar surface area (TPSA) is 210 Å². The first-order valence-corrected chi connectivity index (χ1v) is 22.6. The number of aliphatic hydroxyl groups excluding tert-OH is 5. The number of rotatable bonds is 34. The van der Waals surface area contributed by atoms with E-state index in [1.54, 1.807) is 0 Å². The van der Waals surface area contributed by atoms with Crippen molar-refractivity contribution < 1.29 is 63.1 Å². The Morgan fingerprint density at radius 1 is 0.545 bits per heavy atom. The minimum Gasteiger partial charge on any atom is -0.462 e. The Bertz CT molecular complexity index is 1070. The number of unbranched alkanes of at least 4 members (excludes halogenated alkanes) is 18. The van der Waals surface area contributed by atoms with Crippen LogP contribution in [0.4, 0.5) is 0 Å². The van der Waals surface area contributed by atoms with Gasteiger partial charge in [-0.15, -0.1) is 0 Å². The fourth-order valence-corrected chi connectivity index (χ4v) is 7.23. The molecular formula is C41H75O13P. The van der Waals surface area contributed by atoms with Crippen molar-refractivity contribution in [2.24, 2.45) is 0 Å². The average molecular weight is 807 g/mol. The number of phosphoric acid groups is 1. The Morgan fingerprint density at radius 2 is 0.945 bits per heavy atom. The lowest BCUT2D eigenvalue weighted by Crippen LogP contribution is -2.64. The molecule has 1 saturated carbocycles. The first-order valence-electron chi connectivity index (χ1n) is 21.1. The molecule has 0 aromatic heterocycles. The molecule has 1 aliphatic carbocycles. The van der Waals surface area contributed by atoms with Gasteiger partial charge in [-0.25, -0.2) is 4.57 Å². The quantitative estimate of drug-likeness (QED) is 0.0164. The predicted molar refractivity (Wildman–Crippen MR) is 212 cm³/mol. The molecule has 8 atom stereocenters. The van der Waals surface area contributed by atoms with Gasteiger partial charge < -0.3 is 39.9 Å². The number of hydrogen-bond donors (Lipinski definition) is 6. The number of ether oxygens (including phenoxy) is 2. The van der Waals surface area contributed by atoms with Crippen LogP contribution >= 0.6 is 7.82 Å². The molecule has 0 amide bonds. The smallest absolute Gasteiger partial charge is 0.462 e. The van der Waals surface area contributed by atoms with E-state index >= 15 is 0 Å². The second kappa shape index (κ2) is 32.3. The summed E-state index contributed by atoms with van der Waals surface area (Å²) in [6, 6.07) is 0. The summed E-state index contributed by atoms with van der Waals surface area (Å²) < 4.78 is 33.4. The molecule has 1 rings (SSSR count). The van der Waals surface area contributed by atoms with Gasteiger partial charge in [-0.3, -0.25) is 18.6 Å². The molecule has 0 saturated heterocycles. The minimum absolute atomic E-state index is 0.0854. The second-order valence-corrected chi connectivity index (χ2v) is 16.2. The summed E-state index contributed by atoms with van der Waals surface area (Å²) in [6.07, 6.45) is 19.6. The maximum absolute atomic E-state index is 12.8. The van der Waals surface area contributed by atoms with E-state index in [0.717, 1.165) is 77.0 Å². The van der Waals surface area contributed by atoms with Crippen LogP contribution in [0.2, 0.25) is 0 Å². The van der Waals surface area contributed by atoms with Crippen LogP contribution in [0.15, 0.2) is 24.3 Å². The molecule has 55 heavy (non-hydrogen) atoms. The molecular weight excluding hydrogens is 731 g/mol. The summed E-state index contributed by atoms with van der Waals surface area (Å²) in [5, 5.41) is 50.0. The van der Waals surface area contributed by atoms with Gasteiger partial charge >= 0.3 is 19.8 Å². The highest BCUT2D eigenvalue weighted by Gasteiger charge is 2.51. The molecule has 1 fully saturated rings. The maximum Gasteiger partial charge on any atom is 0.472 e. The van der Waals surface area contributed by atoms with E-state index in [9.17, 15) is 44.6 Å². The molecule has 322 valence electrons. The molecule has 1 aliphatic rings. The van der Waals surface area contributed by atoms with Gasteiger partial charge in [0.2, 0.25) is 0 Å². The molecule has 0 spiro atoms. The second-order valence-electron chi connectivity index (χ2n) is 14.8. The maximum atomic E-state index is 12.8. The zero-order chi connectivity index (χ0) is 40.7. The van der Waals surface area contributed by atoms with Crippen molar-refractivity contribution in [3.63, 3.8) is 0 Å². The lowest BCUT2D eigenvalue weighted by molar-refractivity contribution is -0.220. The van der Waals surface area contributed by atoms with E-state index in [1.165, 1.54) is 51.4 Å². The predicted octanol–water partition coefficient (Wildman–Crippen LogP) is 7.28. The Morgan fingerprint density at radius 3 is 1.44 bits per heavy atom. The van der Waals surface area contributed by atoms with Crippen LogP contribution in [0.3, 0.4) is 0 Å². The van der Waals surface area contributed by atoms with Crippen LogP contribution in [0, 0.1) is 0 Å². The molecule has 0 aromatic rings. The third-order valence-electron chi connectivity index (χ3n) is 9.77. The Balaban J connectivity index is 2.50. The number of esters is 2.